The van der Waals surface area contributed by atoms with Crippen molar-refractivity contribution in [2.45, 2.75) is 40.2 Å². The number of nitrogens with zero attached hydrogens (tertiary/aromatic N) is 2. The zero-order valence-corrected chi connectivity index (χ0v) is 12.9. The van der Waals surface area contributed by atoms with Crippen LogP contribution < -0.4 is 5.32 Å². The van der Waals surface area contributed by atoms with Crippen molar-refractivity contribution in [1.29, 1.82) is 0 Å². The van der Waals surface area contributed by atoms with Crippen LogP contribution in [0.4, 0.5) is 10.5 Å². The first-order chi connectivity index (χ1) is 9.49. The number of amides is 2. The molecule has 0 aliphatic carbocycles. The predicted molar refractivity (Wildman–Crippen MR) is 83.0 cm³/mol. The van der Waals surface area contributed by atoms with Gasteiger partial charge in [0.2, 0.25) is 0 Å². The minimum Gasteiger partial charge on any atom is -0.311 e. The summed E-state index contributed by atoms with van der Waals surface area (Å²) < 4.78 is 0. The number of carbonyl (C=O) groups excluding carboxylic acids is 1. The van der Waals surface area contributed by atoms with Crippen molar-refractivity contribution in [2.24, 2.45) is 0 Å². The molecule has 2 rings (SSSR count). The molecule has 1 aromatic rings. The molecule has 20 heavy (non-hydrogen) atoms. The molecule has 2 amide bonds. The van der Waals surface area contributed by atoms with E-state index >= 15 is 0 Å². The van der Waals surface area contributed by atoms with Gasteiger partial charge < -0.3 is 10.2 Å². The number of aryl methyl sites for hydroxylation is 2. The third-order valence-electron chi connectivity index (χ3n) is 3.96. The molecule has 0 saturated carbocycles. The molecule has 1 fully saturated rings. The fourth-order valence-corrected chi connectivity index (χ4v) is 2.61. The van der Waals surface area contributed by atoms with Crippen LogP contribution in [-0.2, 0) is 0 Å². The van der Waals surface area contributed by atoms with Gasteiger partial charge in [0.25, 0.3) is 0 Å². The number of urea groups is 1. The first-order valence-corrected chi connectivity index (χ1v) is 7.35. The highest BCUT2D eigenvalue weighted by molar-refractivity contribution is 5.91. The Kier molecular flexibility index (Phi) is 4.65. The van der Waals surface area contributed by atoms with Crippen molar-refractivity contribution in [2.75, 3.05) is 25.1 Å². The highest BCUT2D eigenvalue weighted by Gasteiger charge is 2.23. The largest absolute Gasteiger partial charge is 0.322 e. The third kappa shape index (κ3) is 3.31. The molecule has 0 aromatic heterocycles. The van der Waals surface area contributed by atoms with Crippen LogP contribution in [0.5, 0.6) is 0 Å². The third-order valence-corrected chi connectivity index (χ3v) is 3.96. The number of hydrogen-bond acceptors (Lipinski definition) is 2. The summed E-state index contributed by atoms with van der Waals surface area (Å²) in [7, 11) is 0. The van der Waals surface area contributed by atoms with Crippen LogP contribution in [0.15, 0.2) is 18.2 Å². The molecular weight excluding hydrogens is 250 g/mol. The van der Waals surface area contributed by atoms with Crippen LogP contribution in [0.25, 0.3) is 0 Å². The standard InChI is InChI=1S/C16H25N3O/c1-12(2)18-9-6-10-19(11-18)16(20)17-15-13(3)7-5-8-14(15)4/h5,7-8,12H,6,9-11H2,1-4H3,(H,17,20). The smallest absolute Gasteiger partial charge is 0.311 e. The summed E-state index contributed by atoms with van der Waals surface area (Å²) >= 11 is 0. The number of rotatable bonds is 2. The molecule has 1 saturated heterocycles. The summed E-state index contributed by atoms with van der Waals surface area (Å²) in [4.78, 5) is 16.7. The van der Waals surface area contributed by atoms with E-state index in [-0.39, 0.29) is 6.03 Å². The number of nitrogens with one attached hydrogen (secondary N) is 1. The van der Waals surface area contributed by atoms with E-state index in [0.29, 0.717) is 12.7 Å². The Labute approximate surface area is 121 Å². The van der Waals surface area contributed by atoms with E-state index in [1.165, 1.54) is 0 Å². The number of hydrogen-bond donors (Lipinski definition) is 1. The molecule has 0 unspecified atom stereocenters. The van der Waals surface area contributed by atoms with Crippen LogP contribution >= 0.6 is 0 Å². The van der Waals surface area contributed by atoms with Gasteiger partial charge >= 0.3 is 6.03 Å². The molecular formula is C16H25N3O. The van der Waals surface area contributed by atoms with Gasteiger partial charge in [0.1, 0.15) is 0 Å². The lowest BCUT2D eigenvalue weighted by atomic mass is 10.1. The zero-order valence-electron chi connectivity index (χ0n) is 12.9. The van der Waals surface area contributed by atoms with Gasteiger partial charge in [0.15, 0.2) is 0 Å². The highest BCUT2D eigenvalue weighted by Crippen LogP contribution is 2.20. The fraction of sp³-hybridized carbons (Fsp3) is 0.562. The molecule has 4 heteroatoms. The molecule has 1 aliphatic heterocycles. The van der Waals surface area contributed by atoms with Crippen molar-refractivity contribution in [3.8, 4) is 0 Å². The topological polar surface area (TPSA) is 35.6 Å². The minimum absolute atomic E-state index is 0.00718. The Morgan fingerprint density at radius 1 is 1.20 bits per heavy atom. The van der Waals surface area contributed by atoms with Crippen molar-refractivity contribution in [3.05, 3.63) is 29.3 Å². The molecule has 0 spiro atoms. The van der Waals surface area contributed by atoms with E-state index in [1.807, 2.05) is 36.9 Å². The first-order valence-electron chi connectivity index (χ1n) is 7.35. The second kappa shape index (κ2) is 6.27. The zero-order chi connectivity index (χ0) is 14.7. The lowest BCUT2D eigenvalue weighted by molar-refractivity contribution is 0.0873. The maximum atomic E-state index is 12.4. The minimum atomic E-state index is 0.00718. The van der Waals surface area contributed by atoms with Gasteiger partial charge in [0.05, 0.1) is 6.67 Å². The lowest BCUT2D eigenvalue weighted by Gasteiger charge is -2.37. The average molecular weight is 275 g/mol. The Morgan fingerprint density at radius 2 is 1.85 bits per heavy atom. The van der Waals surface area contributed by atoms with Crippen molar-refractivity contribution in [3.63, 3.8) is 0 Å². The van der Waals surface area contributed by atoms with Crippen LogP contribution in [0.1, 0.15) is 31.4 Å². The van der Waals surface area contributed by atoms with Crippen LogP contribution in [0, 0.1) is 13.8 Å². The maximum absolute atomic E-state index is 12.4. The van der Waals surface area contributed by atoms with Crippen LogP contribution in [0.2, 0.25) is 0 Å². The summed E-state index contributed by atoms with van der Waals surface area (Å²) in [5.41, 5.74) is 3.16. The normalized spacial score (nSPS) is 16.6. The van der Waals surface area contributed by atoms with E-state index in [2.05, 4.69) is 24.1 Å². The molecule has 1 aliphatic rings. The van der Waals surface area contributed by atoms with Gasteiger partial charge in [-0.3, -0.25) is 4.90 Å². The summed E-state index contributed by atoms with van der Waals surface area (Å²) in [6.45, 7) is 11.0. The van der Waals surface area contributed by atoms with E-state index in [9.17, 15) is 4.79 Å². The molecule has 1 aromatic carbocycles. The van der Waals surface area contributed by atoms with Gasteiger partial charge in [-0.05, 0) is 45.2 Å². The van der Waals surface area contributed by atoms with Crippen molar-refractivity contribution in [1.82, 2.24) is 9.80 Å². The molecule has 1 N–H and O–H groups in total. The second-order valence-electron chi connectivity index (χ2n) is 5.86. The van der Waals surface area contributed by atoms with Gasteiger partial charge in [0, 0.05) is 24.8 Å². The quantitative estimate of drug-likeness (QED) is 0.899. The first kappa shape index (κ1) is 14.9. The van der Waals surface area contributed by atoms with Crippen LogP contribution in [0.3, 0.4) is 0 Å². The molecule has 0 atom stereocenters. The Morgan fingerprint density at radius 3 is 2.45 bits per heavy atom. The van der Waals surface area contributed by atoms with Gasteiger partial charge in [-0.15, -0.1) is 0 Å². The monoisotopic (exact) mass is 275 g/mol. The molecule has 110 valence electrons. The second-order valence-corrected chi connectivity index (χ2v) is 5.86. The Bertz CT molecular complexity index is 464. The molecule has 0 radical (unpaired) electrons. The summed E-state index contributed by atoms with van der Waals surface area (Å²) in [6, 6.07) is 6.55. The van der Waals surface area contributed by atoms with Gasteiger partial charge in [-0.25, -0.2) is 4.79 Å². The van der Waals surface area contributed by atoms with Crippen molar-refractivity contribution >= 4 is 11.7 Å². The number of carbonyl (C=O) groups is 1. The number of anilines is 1. The summed E-state index contributed by atoms with van der Waals surface area (Å²) in [6.07, 6.45) is 1.04. The van der Waals surface area contributed by atoms with Crippen LogP contribution in [-0.4, -0.2) is 41.6 Å². The molecule has 0 bridgehead atoms. The fourth-order valence-electron chi connectivity index (χ4n) is 2.61. The number of para-hydroxylation sites is 1. The van der Waals surface area contributed by atoms with E-state index < -0.39 is 0 Å². The summed E-state index contributed by atoms with van der Waals surface area (Å²) in [5.74, 6) is 0. The Hall–Kier alpha value is -1.55. The summed E-state index contributed by atoms with van der Waals surface area (Å²) in [5, 5.41) is 3.07. The maximum Gasteiger partial charge on any atom is 0.322 e. The number of benzene rings is 1. The SMILES string of the molecule is Cc1cccc(C)c1NC(=O)N1CCCN(C(C)C)C1. The molecule has 1 heterocycles. The predicted octanol–water partition coefficient (Wildman–Crippen LogP) is 3.21. The van der Waals surface area contributed by atoms with Gasteiger partial charge in [-0.1, -0.05) is 18.2 Å². The van der Waals surface area contributed by atoms with E-state index in [0.717, 1.165) is 36.3 Å². The highest BCUT2D eigenvalue weighted by atomic mass is 16.2. The van der Waals surface area contributed by atoms with Gasteiger partial charge in [-0.2, -0.15) is 0 Å². The van der Waals surface area contributed by atoms with Crippen molar-refractivity contribution < 1.29 is 4.79 Å². The van der Waals surface area contributed by atoms with E-state index in [4.69, 9.17) is 0 Å². The van der Waals surface area contributed by atoms with E-state index in [1.54, 1.807) is 0 Å². The molecule has 4 nitrogen and oxygen atoms in total. The lowest BCUT2D eigenvalue weighted by Crippen LogP contribution is -2.51. The Balaban J connectivity index is 2.05. The average Bonchev–Trinajstić information content (AvgIpc) is 2.43.